The first-order valence-corrected chi connectivity index (χ1v) is 4.03. The summed E-state index contributed by atoms with van der Waals surface area (Å²) in [5.74, 6) is 0. The maximum absolute atomic E-state index is 12.2. The average molecular weight is 167 g/mol. The van der Waals surface area contributed by atoms with E-state index in [2.05, 4.69) is 6.07 Å². The molecule has 0 saturated carbocycles. The molecular formula is C10H14FN. The van der Waals surface area contributed by atoms with Gasteiger partial charge in [0.05, 0.1) is 6.04 Å². The predicted molar refractivity (Wildman–Crippen MR) is 48.8 cm³/mol. The zero-order valence-corrected chi connectivity index (χ0v) is 7.47. The summed E-state index contributed by atoms with van der Waals surface area (Å²) in [6.45, 7) is 3.48. The van der Waals surface area contributed by atoms with E-state index in [0.29, 0.717) is 0 Å². The molecule has 0 bridgehead atoms. The molecule has 0 radical (unpaired) electrons. The molecule has 66 valence electrons. The highest BCUT2D eigenvalue weighted by molar-refractivity contribution is 5.30. The van der Waals surface area contributed by atoms with Crippen molar-refractivity contribution in [3.8, 4) is 0 Å². The van der Waals surface area contributed by atoms with E-state index in [9.17, 15) is 4.39 Å². The Bertz CT molecular complexity index is 250. The molecule has 0 fully saturated rings. The van der Waals surface area contributed by atoms with Crippen LogP contribution in [0.3, 0.4) is 0 Å². The Kier molecular flexibility index (Phi) is 2.82. The zero-order chi connectivity index (χ0) is 9.14. The minimum atomic E-state index is -0.497. The van der Waals surface area contributed by atoms with Gasteiger partial charge in [-0.05, 0) is 19.4 Å². The number of rotatable bonds is 2. The second-order valence-electron chi connectivity index (χ2n) is 3.18. The molecule has 2 heteroatoms. The van der Waals surface area contributed by atoms with Gasteiger partial charge in [-0.1, -0.05) is 29.3 Å². The van der Waals surface area contributed by atoms with Gasteiger partial charge >= 0.3 is 0 Å². The summed E-state index contributed by atoms with van der Waals surface area (Å²) in [4.78, 5) is 0. The van der Waals surface area contributed by atoms with Gasteiger partial charge in [0.1, 0.15) is 6.67 Å². The van der Waals surface area contributed by atoms with Crippen molar-refractivity contribution in [1.29, 1.82) is 0 Å². The second kappa shape index (κ2) is 3.68. The molecule has 0 saturated heterocycles. The highest BCUT2D eigenvalue weighted by Crippen LogP contribution is 2.15. The van der Waals surface area contributed by atoms with Crippen LogP contribution in [-0.4, -0.2) is 6.67 Å². The van der Waals surface area contributed by atoms with E-state index >= 15 is 0 Å². The van der Waals surface area contributed by atoms with Gasteiger partial charge in [0, 0.05) is 0 Å². The molecule has 0 amide bonds. The van der Waals surface area contributed by atoms with Crippen molar-refractivity contribution < 1.29 is 4.39 Å². The van der Waals surface area contributed by atoms with Gasteiger partial charge in [-0.3, -0.25) is 0 Å². The Morgan fingerprint density at radius 1 is 1.25 bits per heavy atom. The van der Waals surface area contributed by atoms with Crippen LogP contribution in [0.25, 0.3) is 0 Å². The highest BCUT2D eigenvalue weighted by Gasteiger charge is 2.05. The summed E-state index contributed by atoms with van der Waals surface area (Å²) in [6.07, 6.45) is 0. The average Bonchev–Trinajstić information content (AvgIpc) is 2.01. The molecule has 12 heavy (non-hydrogen) atoms. The number of halogens is 1. The molecule has 0 aromatic heterocycles. The van der Waals surface area contributed by atoms with E-state index < -0.39 is 12.7 Å². The van der Waals surface area contributed by atoms with Crippen LogP contribution in [0.15, 0.2) is 18.2 Å². The summed E-state index contributed by atoms with van der Waals surface area (Å²) in [5, 5.41) is 0. The Morgan fingerprint density at radius 2 is 1.75 bits per heavy atom. The normalized spacial score (nSPS) is 13.0. The van der Waals surface area contributed by atoms with Crippen molar-refractivity contribution in [2.45, 2.75) is 19.9 Å². The fourth-order valence-electron chi connectivity index (χ4n) is 1.31. The number of hydrogen-bond acceptors (Lipinski definition) is 1. The van der Waals surface area contributed by atoms with E-state index in [1.807, 2.05) is 26.0 Å². The lowest BCUT2D eigenvalue weighted by molar-refractivity contribution is 0.437. The van der Waals surface area contributed by atoms with E-state index in [4.69, 9.17) is 5.73 Å². The molecule has 1 atom stereocenters. The Hall–Kier alpha value is -0.890. The van der Waals surface area contributed by atoms with Gasteiger partial charge < -0.3 is 5.73 Å². The van der Waals surface area contributed by atoms with Gasteiger partial charge in [-0.2, -0.15) is 0 Å². The molecule has 1 aromatic rings. The summed E-state index contributed by atoms with van der Waals surface area (Å²) in [5.41, 5.74) is 8.71. The molecule has 2 N–H and O–H groups in total. The summed E-state index contributed by atoms with van der Waals surface area (Å²) >= 11 is 0. The SMILES string of the molecule is Cc1cc(C)cc(C(N)CF)c1. The van der Waals surface area contributed by atoms with Gasteiger partial charge in [0.25, 0.3) is 0 Å². The minimum absolute atomic E-state index is 0.469. The van der Waals surface area contributed by atoms with Crippen LogP contribution in [0, 0.1) is 13.8 Å². The number of aryl methyl sites for hydroxylation is 2. The van der Waals surface area contributed by atoms with E-state index in [0.717, 1.165) is 16.7 Å². The molecule has 1 unspecified atom stereocenters. The van der Waals surface area contributed by atoms with Crippen molar-refractivity contribution in [2.24, 2.45) is 5.73 Å². The summed E-state index contributed by atoms with van der Waals surface area (Å²) in [6, 6.07) is 5.44. The molecule has 0 aliphatic carbocycles. The van der Waals surface area contributed by atoms with Crippen LogP contribution in [-0.2, 0) is 0 Å². The van der Waals surface area contributed by atoms with Crippen LogP contribution in [0.5, 0.6) is 0 Å². The lowest BCUT2D eigenvalue weighted by Crippen LogP contribution is -2.12. The van der Waals surface area contributed by atoms with Crippen LogP contribution in [0.4, 0.5) is 4.39 Å². The highest BCUT2D eigenvalue weighted by atomic mass is 19.1. The number of alkyl halides is 1. The van der Waals surface area contributed by atoms with Crippen molar-refractivity contribution in [1.82, 2.24) is 0 Å². The third-order valence-corrected chi connectivity index (χ3v) is 1.84. The first kappa shape index (κ1) is 9.20. The molecule has 0 aliphatic heterocycles. The maximum atomic E-state index is 12.2. The monoisotopic (exact) mass is 167 g/mol. The maximum Gasteiger partial charge on any atom is 0.109 e. The molecule has 0 heterocycles. The van der Waals surface area contributed by atoms with Crippen molar-refractivity contribution in [2.75, 3.05) is 6.67 Å². The van der Waals surface area contributed by atoms with Crippen LogP contribution < -0.4 is 5.73 Å². The number of hydrogen-bond donors (Lipinski definition) is 1. The second-order valence-corrected chi connectivity index (χ2v) is 3.18. The fourth-order valence-corrected chi connectivity index (χ4v) is 1.31. The van der Waals surface area contributed by atoms with E-state index in [1.165, 1.54) is 0 Å². The smallest absolute Gasteiger partial charge is 0.109 e. The minimum Gasteiger partial charge on any atom is -0.322 e. The van der Waals surface area contributed by atoms with Gasteiger partial charge in [-0.15, -0.1) is 0 Å². The third-order valence-electron chi connectivity index (χ3n) is 1.84. The molecule has 1 rings (SSSR count). The molecule has 1 nitrogen and oxygen atoms in total. The van der Waals surface area contributed by atoms with Crippen molar-refractivity contribution >= 4 is 0 Å². The topological polar surface area (TPSA) is 26.0 Å². The molecule has 0 spiro atoms. The zero-order valence-electron chi connectivity index (χ0n) is 7.47. The Labute approximate surface area is 72.4 Å². The van der Waals surface area contributed by atoms with Crippen molar-refractivity contribution in [3.63, 3.8) is 0 Å². The first-order valence-electron chi connectivity index (χ1n) is 4.03. The Balaban J connectivity index is 3.00. The Morgan fingerprint density at radius 3 is 2.17 bits per heavy atom. The fraction of sp³-hybridized carbons (Fsp3) is 0.400. The first-order chi connectivity index (χ1) is 5.63. The number of benzene rings is 1. The molecular weight excluding hydrogens is 153 g/mol. The molecule has 1 aromatic carbocycles. The largest absolute Gasteiger partial charge is 0.322 e. The lowest BCUT2D eigenvalue weighted by atomic mass is 10.0. The van der Waals surface area contributed by atoms with Gasteiger partial charge in [-0.25, -0.2) is 4.39 Å². The van der Waals surface area contributed by atoms with Crippen LogP contribution >= 0.6 is 0 Å². The van der Waals surface area contributed by atoms with Crippen LogP contribution in [0.2, 0.25) is 0 Å². The quantitative estimate of drug-likeness (QED) is 0.718. The van der Waals surface area contributed by atoms with E-state index in [1.54, 1.807) is 0 Å². The van der Waals surface area contributed by atoms with Gasteiger partial charge in [0.2, 0.25) is 0 Å². The standard InChI is InChI=1S/C10H14FN/c1-7-3-8(2)5-9(4-7)10(12)6-11/h3-5,10H,6,12H2,1-2H3. The lowest BCUT2D eigenvalue weighted by Gasteiger charge is -2.09. The van der Waals surface area contributed by atoms with Crippen molar-refractivity contribution in [3.05, 3.63) is 34.9 Å². The summed E-state index contributed by atoms with van der Waals surface area (Å²) in [7, 11) is 0. The third kappa shape index (κ3) is 2.05. The number of nitrogens with two attached hydrogens (primary N) is 1. The van der Waals surface area contributed by atoms with E-state index in [-0.39, 0.29) is 0 Å². The summed E-state index contributed by atoms with van der Waals surface area (Å²) < 4.78 is 12.2. The van der Waals surface area contributed by atoms with Crippen LogP contribution in [0.1, 0.15) is 22.7 Å². The predicted octanol–water partition coefficient (Wildman–Crippen LogP) is 2.27. The van der Waals surface area contributed by atoms with Gasteiger partial charge in [0.15, 0.2) is 0 Å². The molecule has 0 aliphatic rings.